The summed E-state index contributed by atoms with van der Waals surface area (Å²) in [5.41, 5.74) is 3.92. The van der Waals surface area contributed by atoms with Gasteiger partial charge < -0.3 is 5.32 Å². The molecule has 1 aromatic carbocycles. The van der Waals surface area contributed by atoms with Gasteiger partial charge in [0.1, 0.15) is 0 Å². The number of benzene rings is 1. The van der Waals surface area contributed by atoms with Crippen LogP contribution in [-0.4, -0.2) is 5.49 Å². The quantitative estimate of drug-likeness (QED) is 0.715. The van der Waals surface area contributed by atoms with E-state index in [-0.39, 0.29) is 0 Å². The van der Waals surface area contributed by atoms with Gasteiger partial charge in [0.05, 0.1) is 5.49 Å². The van der Waals surface area contributed by atoms with Crippen molar-refractivity contribution in [2.45, 2.75) is 19.8 Å². The Balaban J connectivity index is 2.78. The first-order chi connectivity index (χ1) is 5.74. The highest BCUT2D eigenvalue weighted by Gasteiger charge is 1.96. The summed E-state index contributed by atoms with van der Waals surface area (Å²) in [6, 6.07) is 8.31. The van der Waals surface area contributed by atoms with Crippen molar-refractivity contribution in [2.75, 3.05) is 5.32 Å². The Morgan fingerprint density at radius 2 is 1.83 bits per heavy atom. The molecule has 0 bridgehead atoms. The maximum Gasteiger partial charge on any atom is 0.0658 e. The molecule has 0 saturated carbocycles. The zero-order valence-electron chi connectivity index (χ0n) is 7.37. The molecule has 0 saturated heterocycles. The molecule has 0 aliphatic heterocycles. The topological polar surface area (TPSA) is 12.0 Å². The van der Waals surface area contributed by atoms with Crippen LogP contribution >= 0.6 is 12.2 Å². The lowest BCUT2D eigenvalue weighted by atomic mass is 10.0. The molecule has 0 aliphatic carbocycles. The molecular formula is C10H13NS. The zero-order valence-corrected chi connectivity index (χ0v) is 8.19. The van der Waals surface area contributed by atoms with Crippen LogP contribution in [0.5, 0.6) is 0 Å². The Kier molecular flexibility index (Phi) is 3.23. The van der Waals surface area contributed by atoms with Crippen LogP contribution in [0.3, 0.4) is 0 Å². The van der Waals surface area contributed by atoms with Gasteiger partial charge in [-0.25, -0.2) is 0 Å². The van der Waals surface area contributed by atoms with Crippen LogP contribution in [-0.2, 0) is 0 Å². The summed E-state index contributed by atoms with van der Waals surface area (Å²) >= 11 is 4.68. The first-order valence-electron chi connectivity index (χ1n) is 4.04. The second-order valence-electron chi connectivity index (χ2n) is 3.04. The number of anilines is 1. The Bertz CT molecular complexity index is 251. The van der Waals surface area contributed by atoms with Crippen molar-refractivity contribution in [3.05, 3.63) is 29.8 Å². The highest BCUT2D eigenvalue weighted by atomic mass is 32.1. The molecule has 0 aliphatic rings. The van der Waals surface area contributed by atoms with Crippen molar-refractivity contribution in [1.29, 1.82) is 0 Å². The van der Waals surface area contributed by atoms with Gasteiger partial charge in [0.15, 0.2) is 0 Å². The van der Waals surface area contributed by atoms with Crippen LogP contribution in [0.2, 0.25) is 0 Å². The molecule has 1 rings (SSSR count). The third-order valence-corrected chi connectivity index (χ3v) is 1.92. The summed E-state index contributed by atoms with van der Waals surface area (Å²) in [6.45, 7) is 4.36. The largest absolute Gasteiger partial charge is 0.353 e. The maximum atomic E-state index is 4.68. The fourth-order valence-electron chi connectivity index (χ4n) is 1.03. The molecule has 2 heteroatoms. The van der Waals surface area contributed by atoms with E-state index in [4.69, 9.17) is 0 Å². The number of nitrogens with one attached hydrogen (secondary N) is 1. The van der Waals surface area contributed by atoms with Gasteiger partial charge in [-0.2, -0.15) is 0 Å². The number of rotatable bonds is 3. The lowest BCUT2D eigenvalue weighted by Crippen LogP contribution is -1.92. The standard InChI is InChI=1S/C10H13NS/c1-8(2)9-3-5-10(6-4-9)11-7-12/h3-8H,1-2H3,(H,11,12). The van der Waals surface area contributed by atoms with Gasteiger partial charge in [0.25, 0.3) is 0 Å². The van der Waals surface area contributed by atoms with E-state index in [1.54, 1.807) is 0 Å². The van der Waals surface area contributed by atoms with E-state index < -0.39 is 0 Å². The van der Waals surface area contributed by atoms with E-state index in [9.17, 15) is 0 Å². The first-order valence-corrected chi connectivity index (χ1v) is 4.51. The molecule has 1 N–H and O–H groups in total. The van der Waals surface area contributed by atoms with Gasteiger partial charge in [0, 0.05) is 5.69 Å². The SMILES string of the molecule is CC(C)c1ccc(NC=S)cc1. The van der Waals surface area contributed by atoms with Crippen LogP contribution in [0.25, 0.3) is 0 Å². The highest BCUT2D eigenvalue weighted by molar-refractivity contribution is 7.79. The fraction of sp³-hybridized carbons (Fsp3) is 0.300. The van der Waals surface area contributed by atoms with E-state index in [0.717, 1.165) is 5.69 Å². The molecule has 0 amide bonds. The van der Waals surface area contributed by atoms with Crippen molar-refractivity contribution >= 4 is 23.4 Å². The molecule has 0 spiro atoms. The molecule has 0 atom stereocenters. The molecule has 0 fully saturated rings. The summed E-state index contributed by atoms with van der Waals surface area (Å²) in [4.78, 5) is 0. The molecule has 1 nitrogen and oxygen atoms in total. The Morgan fingerprint density at radius 1 is 1.25 bits per heavy atom. The smallest absolute Gasteiger partial charge is 0.0658 e. The van der Waals surface area contributed by atoms with Crippen LogP contribution in [0.4, 0.5) is 5.69 Å². The van der Waals surface area contributed by atoms with Crippen molar-refractivity contribution in [3.8, 4) is 0 Å². The minimum absolute atomic E-state index is 0.589. The Morgan fingerprint density at radius 3 is 2.25 bits per heavy atom. The number of hydrogen-bond donors (Lipinski definition) is 1. The molecule has 0 heterocycles. The molecule has 64 valence electrons. The summed E-state index contributed by atoms with van der Waals surface area (Å²) < 4.78 is 0. The van der Waals surface area contributed by atoms with Gasteiger partial charge in [-0.15, -0.1) is 0 Å². The number of hydrogen-bond acceptors (Lipinski definition) is 1. The van der Waals surface area contributed by atoms with E-state index in [1.807, 2.05) is 12.1 Å². The van der Waals surface area contributed by atoms with Gasteiger partial charge in [0.2, 0.25) is 0 Å². The minimum Gasteiger partial charge on any atom is -0.353 e. The fourth-order valence-corrected chi connectivity index (χ4v) is 1.17. The van der Waals surface area contributed by atoms with Gasteiger partial charge >= 0.3 is 0 Å². The highest BCUT2D eigenvalue weighted by Crippen LogP contribution is 2.16. The van der Waals surface area contributed by atoms with Crippen molar-refractivity contribution < 1.29 is 0 Å². The summed E-state index contributed by atoms with van der Waals surface area (Å²) in [5, 5.41) is 2.96. The van der Waals surface area contributed by atoms with E-state index in [2.05, 4.69) is 43.5 Å². The normalized spacial score (nSPS) is 9.92. The van der Waals surface area contributed by atoms with Crippen molar-refractivity contribution in [2.24, 2.45) is 0 Å². The van der Waals surface area contributed by atoms with Crippen LogP contribution < -0.4 is 5.32 Å². The third kappa shape index (κ3) is 2.31. The molecule has 0 unspecified atom stereocenters. The molecular weight excluding hydrogens is 166 g/mol. The predicted molar refractivity (Wildman–Crippen MR) is 57.8 cm³/mol. The first kappa shape index (κ1) is 9.20. The van der Waals surface area contributed by atoms with E-state index >= 15 is 0 Å². The summed E-state index contributed by atoms with van der Waals surface area (Å²) in [7, 11) is 0. The second kappa shape index (κ2) is 4.21. The molecule has 0 aromatic heterocycles. The van der Waals surface area contributed by atoms with Crippen molar-refractivity contribution in [1.82, 2.24) is 0 Å². The monoisotopic (exact) mass is 179 g/mol. The molecule has 1 aromatic rings. The lowest BCUT2D eigenvalue weighted by molar-refractivity contribution is 0.867. The van der Waals surface area contributed by atoms with Gasteiger partial charge in [-0.3, -0.25) is 0 Å². The Hall–Kier alpha value is -0.890. The minimum atomic E-state index is 0.589. The van der Waals surface area contributed by atoms with Crippen LogP contribution in [0.15, 0.2) is 24.3 Å². The predicted octanol–water partition coefficient (Wildman–Crippen LogP) is 3.18. The third-order valence-electron chi connectivity index (χ3n) is 1.80. The average Bonchev–Trinajstić information content (AvgIpc) is 2.06. The van der Waals surface area contributed by atoms with Gasteiger partial charge in [-0.1, -0.05) is 38.2 Å². The molecule has 12 heavy (non-hydrogen) atoms. The second-order valence-corrected chi connectivity index (χ2v) is 3.27. The van der Waals surface area contributed by atoms with E-state index in [1.165, 1.54) is 11.1 Å². The van der Waals surface area contributed by atoms with Crippen LogP contribution in [0.1, 0.15) is 25.3 Å². The van der Waals surface area contributed by atoms with Gasteiger partial charge in [-0.05, 0) is 23.6 Å². The zero-order chi connectivity index (χ0) is 8.97. The average molecular weight is 179 g/mol. The van der Waals surface area contributed by atoms with Crippen LogP contribution in [0, 0.1) is 0 Å². The summed E-state index contributed by atoms with van der Waals surface area (Å²) in [5.74, 6) is 0.589. The lowest BCUT2D eigenvalue weighted by Gasteiger charge is -2.05. The Labute approximate surface area is 78.8 Å². The molecule has 0 radical (unpaired) electrons. The maximum absolute atomic E-state index is 4.68. The van der Waals surface area contributed by atoms with Crippen molar-refractivity contribution in [3.63, 3.8) is 0 Å². The van der Waals surface area contributed by atoms with E-state index in [0.29, 0.717) is 5.92 Å². The summed E-state index contributed by atoms with van der Waals surface area (Å²) in [6.07, 6.45) is 0. The number of thiocarbonyl (C=S) groups is 1.